The molecule has 0 aliphatic carbocycles. The van der Waals surface area contributed by atoms with E-state index in [9.17, 15) is 5.11 Å². The highest BCUT2D eigenvalue weighted by Crippen LogP contribution is 2.26. The highest BCUT2D eigenvalue weighted by atomic mass is 79.9. The molecule has 1 unspecified atom stereocenters. The van der Waals surface area contributed by atoms with Crippen molar-refractivity contribution in [3.8, 4) is 0 Å². The first-order valence-corrected chi connectivity index (χ1v) is 6.06. The maximum Gasteiger partial charge on any atom is 0.148 e. The second-order valence-corrected chi connectivity index (χ2v) is 4.75. The van der Waals surface area contributed by atoms with Gasteiger partial charge in [0, 0.05) is 10.8 Å². The van der Waals surface area contributed by atoms with Crippen molar-refractivity contribution in [3.63, 3.8) is 0 Å². The third-order valence-electron chi connectivity index (χ3n) is 1.46. The highest BCUT2D eigenvalue weighted by Gasteiger charge is 2.15. The van der Waals surface area contributed by atoms with Crippen LogP contribution in [-0.2, 0) is 0 Å². The van der Waals surface area contributed by atoms with Gasteiger partial charge in [0.2, 0.25) is 0 Å². The second kappa shape index (κ2) is 3.83. The Bertz CT molecular complexity index is 387. The van der Waals surface area contributed by atoms with Crippen LogP contribution in [-0.4, -0.2) is 15.1 Å². The quantitative estimate of drug-likeness (QED) is 0.917. The molecule has 13 heavy (non-hydrogen) atoms. The largest absolute Gasteiger partial charge is 0.379 e. The number of rotatable bonds is 2. The average molecular weight is 277 g/mol. The molecule has 68 valence electrons. The molecule has 2 aromatic heterocycles. The molecule has 3 nitrogen and oxygen atoms in total. The van der Waals surface area contributed by atoms with Gasteiger partial charge in [-0.2, -0.15) is 0 Å². The van der Waals surface area contributed by atoms with E-state index in [4.69, 9.17) is 0 Å². The van der Waals surface area contributed by atoms with Crippen LogP contribution >= 0.6 is 38.6 Å². The zero-order valence-corrected chi connectivity index (χ0v) is 9.56. The molecule has 0 aliphatic rings. The molecular weight excluding hydrogens is 272 g/mol. The van der Waals surface area contributed by atoms with Gasteiger partial charge in [-0.3, -0.25) is 0 Å². The molecule has 0 amide bonds. The van der Waals surface area contributed by atoms with Crippen molar-refractivity contribution >= 4 is 38.6 Å². The fourth-order valence-corrected chi connectivity index (χ4v) is 2.71. The third kappa shape index (κ3) is 1.96. The standard InChI is InChI=1S/C7H5BrN2OS2/c8-5-2-13-7(10-5)6(11)4-1-12-3-9-4/h1-3,6,11H. The lowest BCUT2D eigenvalue weighted by atomic mass is 10.3. The number of nitrogens with zero attached hydrogens (tertiary/aromatic N) is 2. The van der Waals surface area contributed by atoms with Crippen molar-refractivity contribution in [1.82, 2.24) is 9.97 Å². The monoisotopic (exact) mass is 276 g/mol. The molecule has 2 rings (SSSR count). The molecule has 1 atom stereocenters. The maximum atomic E-state index is 9.77. The molecule has 0 saturated carbocycles. The number of aliphatic hydroxyl groups is 1. The fraction of sp³-hybridized carbons (Fsp3) is 0.143. The van der Waals surface area contributed by atoms with Gasteiger partial charge >= 0.3 is 0 Å². The summed E-state index contributed by atoms with van der Waals surface area (Å²) < 4.78 is 0.752. The number of hydrogen-bond acceptors (Lipinski definition) is 5. The van der Waals surface area contributed by atoms with Crippen LogP contribution in [0.4, 0.5) is 0 Å². The van der Waals surface area contributed by atoms with Crippen LogP contribution in [0.15, 0.2) is 20.9 Å². The van der Waals surface area contributed by atoms with Crippen LogP contribution in [0.5, 0.6) is 0 Å². The Labute approximate surface area is 91.2 Å². The Morgan fingerprint density at radius 3 is 2.85 bits per heavy atom. The number of halogens is 1. The van der Waals surface area contributed by atoms with E-state index in [1.807, 2.05) is 10.8 Å². The van der Waals surface area contributed by atoms with Gasteiger partial charge in [-0.15, -0.1) is 22.7 Å². The maximum absolute atomic E-state index is 9.77. The summed E-state index contributed by atoms with van der Waals surface area (Å²) in [5.41, 5.74) is 2.35. The molecule has 0 spiro atoms. The zero-order chi connectivity index (χ0) is 9.26. The van der Waals surface area contributed by atoms with E-state index in [2.05, 4.69) is 25.9 Å². The summed E-state index contributed by atoms with van der Waals surface area (Å²) in [5, 5.41) is 14.1. The van der Waals surface area contributed by atoms with Crippen molar-refractivity contribution in [2.75, 3.05) is 0 Å². The SMILES string of the molecule is OC(c1cscn1)c1nc(Br)cs1. The smallest absolute Gasteiger partial charge is 0.148 e. The van der Waals surface area contributed by atoms with Crippen molar-refractivity contribution in [3.05, 3.63) is 31.6 Å². The summed E-state index contributed by atoms with van der Waals surface area (Å²) in [5.74, 6) is 0. The van der Waals surface area contributed by atoms with Gasteiger partial charge in [0.15, 0.2) is 0 Å². The van der Waals surface area contributed by atoms with Crippen molar-refractivity contribution < 1.29 is 5.11 Å². The molecule has 1 N–H and O–H groups in total. The summed E-state index contributed by atoms with van der Waals surface area (Å²) in [6.07, 6.45) is -0.692. The second-order valence-electron chi connectivity index (χ2n) is 2.32. The first kappa shape index (κ1) is 9.26. The lowest BCUT2D eigenvalue weighted by molar-refractivity contribution is 0.215. The first-order chi connectivity index (χ1) is 6.27. The molecule has 0 fully saturated rings. The zero-order valence-electron chi connectivity index (χ0n) is 6.35. The Morgan fingerprint density at radius 2 is 2.31 bits per heavy atom. The number of aliphatic hydroxyl groups excluding tert-OH is 1. The molecule has 0 saturated heterocycles. The number of aromatic nitrogens is 2. The van der Waals surface area contributed by atoms with E-state index in [0.29, 0.717) is 10.7 Å². The Morgan fingerprint density at radius 1 is 1.46 bits per heavy atom. The molecule has 2 aromatic rings. The lowest BCUT2D eigenvalue weighted by Crippen LogP contribution is -1.98. The first-order valence-electron chi connectivity index (χ1n) is 3.44. The van der Waals surface area contributed by atoms with E-state index >= 15 is 0 Å². The van der Waals surface area contributed by atoms with Gasteiger partial charge in [-0.05, 0) is 15.9 Å². The van der Waals surface area contributed by atoms with Gasteiger partial charge in [0.25, 0.3) is 0 Å². The predicted molar refractivity (Wildman–Crippen MR) is 56.0 cm³/mol. The van der Waals surface area contributed by atoms with Gasteiger partial charge in [0.05, 0.1) is 11.2 Å². The number of hydrogen-bond donors (Lipinski definition) is 1. The Hall–Kier alpha value is -0.300. The Balaban J connectivity index is 2.28. The lowest BCUT2D eigenvalue weighted by Gasteiger charge is -2.01. The van der Waals surface area contributed by atoms with E-state index < -0.39 is 6.10 Å². The molecule has 6 heteroatoms. The average Bonchev–Trinajstić information content (AvgIpc) is 2.72. The fourth-order valence-electron chi connectivity index (χ4n) is 0.876. The van der Waals surface area contributed by atoms with E-state index in [1.165, 1.54) is 22.7 Å². The summed E-state index contributed by atoms with van der Waals surface area (Å²) in [6, 6.07) is 0. The molecular formula is C7H5BrN2OS2. The van der Waals surface area contributed by atoms with Crippen LogP contribution in [0.3, 0.4) is 0 Å². The van der Waals surface area contributed by atoms with E-state index in [1.54, 1.807) is 5.51 Å². The van der Waals surface area contributed by atoms with Gasteiger partial charge in [-0.1, -0.05) is 0 Å². The minimum atomic E-state index is -0.692. The van der Waals surface area contributed by atoms with Crippen LogP contribution in [0.2, 0.25) is 0 Å². The number of thiazole rings is 2. The summed E-state index contributed by atoms with van der Waals surface area (Å²) in [4.78, 5) is 8.14. The molecule has 0 aliphatic heterocycles. The molecule has 2 heterocycles. The summed E-state index contributed by atoms with van der Waals surface area (Å²) >= 11 is 6.11. The van der Waals surface area contributed by atoms with Crippen molar-refractivity contribution in [2.24, 2.45) is 0 Å². The van der Waals surface area contributed by atoms with Crippen LogP contribution in [0, 0.1) is 0 Å². The normalized spacial score (nSPS) is 13.1. The van der Waals surface area contributed by atoms with Crippen molar-refractivity contribution in [2.45, 2.75) is 6.10 Å². The van der Waals surface area contributed by atoms with E-state index in [-0.39, 0.29) is 0 Å². The summed E-state index contributed by atoms with van der Waals surface area (Å²) in [7, 11) is 0. The summed E-state index contributed by atoms with van der Waals surface area (Å²) in [6.45, 7) is 0. The Kier molecular flexibility index (Phi) is 2.73. The topological polar surface area (TPSA) is 46.0 Å². The molecule has 0 aromatic carbocycles. The van der Waals surface area contributed by atoms with Gasteiger partial charge in [0.1, 0.15) is 15.7 Å². The van der Waals surface area contributed by atoms with Crippen LogP contribution < -0.4 is 0 Å². The predicted octanol–water partition coefficient (Wildman–Crippen LogP) is 2.44. The van der Waals surface area contributed by atoms with Crippen LogP contribution in [0.25, 0.3) is 0 Å². The van der Waals surface area contributed by atoms with Gasteiger partial charge in [-0.25, -0.2) is 9.97 Å². The highest BCUT2D eigenvalue weighted by molar-refractivity contribution is 9.10. The molecule has 0 radical (unpaired) electrons. The van der Waals surface area contributed by atoms with Crippen LogP contribution in [0.1, 0.15) is 16.8 Å². The van der Waals surface area contributed by atoms with Crippen molar-refractivity contribution in [1.29, 1.82) is 0 Å². The molecule has 0 bridgehead atoms. The minimum Gasteiger partial charge on any atom is -0.379 e. The third-order valence-corrected chi connectivity index (χ3v) is 3.67. The van der Waals surface area contributed by atoms with Gasteiger partial charge < -0.3 is 5.11 Å². The van der Waals surface area contributed by atoms with E-state index in [0.717, 1.165) is 4.60 Å². The minimum absolute atomic E-state index is 0.659.